The summed E-state index contributed by atoms with van der Waals surface area (Å²) in [7, 11) is 0. The number of aryl methyl sites for hydroxylation is 1. The van der Waals surface area contributed by atoms with Crippen LogP contribution >= 0.6 is 34.7 Å². The van der Waals surface area contributed by atoms with Crippen LogP contribution in [0.3, 0.4) is 0 Å². The molecule has 5 nitrogen and oxygen atoms in total. The second-order valence-electron chi connectivity index (χ2n) is 6.74. The minimum absolute atomic E-state index is 0.142. The van der Waals surface area contributed by atoms with E-state index in [9.17, 15) is 10.1 Å². The van der Waals surface area contributed by atoms with Crippen molar-refractivity contribution < 1.29 is 4.79 Å². The molecule has 2 aromatic carbocycles. The van der Waals surface area contributed by atoms with E-state index in [-0.39, 0.29) is 11.5 Å². The number of benzene rings is 2. The number of ketones is 1. The van der Waals surface area contributed by atoms with Crippen molar-refractivity contribution in [2.75, 3.05) is 5.75 Å². The number of nitrogens with zero attached hydrogens (tertiary/aromatic N) is 4. The fraction of sp³-hybridized carbons (Fsp3) is 0.182. The van der Waals surface area contributed by atoms with Crippen LogP contribution in [0, 0.1) is 18.3 Å². The Morgan fingerprint density at radius 3 is 2.77 bits per heavy atom. The summed E-state index contributed by atoms with van der Waals surface area (Å²) in [5.74, 6) is -0.881. The number of fused-ring (bicyclic) bond motifs is 1. The van der Waals surface area contributed by atoms with E-state index >= 15 is 0 Å². The zero-order valence-electron chi connectivity index (χ0n) is 16.1. The molecule has 4 aromatic rings. The summed E-state index contributed by atoms with van der Waals surface area (Å²) in [4.78, 5) is 21.8. The summed E-state index contributed by atoms with van der Waals surface area (Å²) in [5, 5.41) is 13.2. The fourth-order valence-electron chi connectivity index (χ4n) is 3.10. The third-order valence-corrected chi connectivity index (χ3v) is 6.80. The number of carbonyl (C=O) groups excluding carboxylic acids is 1. The van der Waals surface area contributed by atoms with Crippen molar-refractivity contribution in [3.05, 3.63) is 75.2 Å². The Morgan fingerprint density at radius 2 is 2.07 bits per heavy atom. The first-order valence-electron chi connectivity index (χ1n) is 9.22. The molecule has 0 amide bonds. The van der Waals surface area contributed by atoms with Gasteiger partial charge in [0.1, 0.15) is 5.01 Å². The Balaban J connectivity index is 1.61. The van der Waals surface area contributed by atoms with E-state index in [1.807, 2.05) is 48.7 Å². The van der Waals surface area contributed by atoms with E-state index < -0.39 is 5.92 Å². The average Bonchev–Trinajstić information content (AvgIpc) is 3.31. The molecule has 0 saturated heterocycles. The van der Waals surface area contributed by atoms with E-state index in [1.54, 1.807) is 0 Å². The number of hydrogen-bond donors (Lipinski definition) is 0. The van der Waals surface area contributed by atoms with Crippen LogP contribution in [-0.4, -0.2) is 26.1 Å². The lowest BCUT2D eigenvalue weighted by molar-refractivity contribution is -0.116. The van der Waals surface area contributed by atoms with Crippen LogP contribution in [0.2, 0.25) is 5.02 Å². The van der Waals surface area contributed by atoms with Crippen molar-refractivity contribution in [2.45, 2.75) is 24.5 Å². The molecular weight excluding hydrogens is 436 g/mol. The average molecular weight is 453 g/mol. The molecule has 0 saturated carbocycles. The highest BCUT2D eigenvalue weighted by Crippen LogP contribution is 2.29. The Morgan fingerprint density at radius 1 is 1.27 bits per heavy atom. The normalized spacial score (nSPS) is 12.0. The SMILES string of the molecule is Cc1csc([C@@H](C#N)C(=O)CSc2nc3cc(Cl)ccc3n2Cc2ccccc2)n1. The third kappa shape index (κ3) is 4.41. The van der Waals surface area contributed by atoms with E-state index in [0.717, 1.165) is 27.4 Å². The lowest BCUT2D eigenvalue weighted by atomic mass is 10.1. The molecule has 150 valence electrons. The molecule has 8 heteroatoms. The van der Waals surface area contributed by atoms with E-state index in [4.69, 9.17) is 16.6 Å². The molecule has 0 aliphatic heterocycles. The van der Waals surface area contributed by atoms with E-state index in [0.29, 0.717) is 16.6 Å². The molecule has 0 fully saturated rings. The van der Waals surface area contributed by atoms with Gasteiger partial charge in [-0.3, -0.25) is 4.79 Å². The van der Waals surface area contributed by atoms with Crippen LogP contribution in [-0.2, 0) is 11.3 Å². The Bertz CT molecular complexity index is 1240. The molecule has 0 N–H and O–H groups in total. The van der Waals surface area contributed by atoms with Crippen LogP contribution < -0.4 is 0 Å². The Labute approximate surface area is 187 Å². The van der Waals surface area contributed by atoms with Crippen LogP contribution in [0.15, 0.2) is 59.1 Å². The van der Waals surface area contributed by atoms with Gasteiger partial charge < -0.3 is 4.57 Å². The molecule has 2 aromatic heterocycles. The number of aromatic nitrogens is 3. The zero-order chi connectivity index (χ0) is 21.1. The number of carbonyl (C=O) groups is 1. The third-order valence-electron chi connectivity index (χ3n) is 4.54. The van der Waals surface area contributed by atoms with Gasteiger partial charge in [0.15, 0.2) is 16.9 Å². The molecule has 4 rings (SSSR count). The highest BCUT2D eigenvalue weighted by molar-refractivity contribution is 7.99. The number of hydrogen-bond acceptors (Lipinski definition) is 6. The van der Waals surface area contributed by atoms with E-state index in [2.05, 4.69) is 27.8 Å². The summed E-state index contributed by atoms with van der Waals surface area (Å²) >= 11 is 8.83. The smallest absolute Gasteiger partial charge is 0.169 e. The standard InChI is InChI=1S/C22H17ClN4OS2/c1-14-12-29-21(25-14)17(10-24)20(28)13-30-22-26-18-9-16(23)7-8-19(18)27(22)11-15-5-3-2-4-6-15/h2-9,12,17H,11,13H2,1H3/t17-/m0/s1. The van der Waals surface area contributed by atoms with Crippen LogP contribution in [0.4, 0.5) is 0 Å². The van der Waals surface area contributed by atoms with Gasteiger partial charge in [-0.05, 0) is 30.7 Å². The second kappa shape index (κ2) is 9.00. The lowest BCUT2D eigenvalue weighted by Crippen LogP contribution is -2.14. The number of nitriles is 1. The Hall–Kier alpha value is -2.66. The number of rotatable bonds is 7. The van der Waals surface area contributed by atoms with Crippen molar-refractivity contribution >= 4 is 51.5 Å². The summed E-state index contributed by atoms with van der Waals surface area (Å²) in [6.07, 6.45) is 0. The molecule has 0 radical (unpaired) electrons. The number of imidazole rings is 1. The number of thioether (sulfide) groups is 1. The highest BCUT2D eigenvalue weighted by Gasteiger charge is 2.24. The molecule has 30 heavy (non-hydrogen) atoms. The Kier molecular flexibility index (Phi) is 6.18. The summed E-state index contributed by atoms with van der Waals surface area (Å²) < 4.78 is 2.08. The number of halogens is 1. The maximum atomic E-state index is 12.8. The topological polar surface area (TPSA) is 71.6 Å². The maximum absolute atomic E-state index is 12.8. The zero-order valence-corrected chi connectivity index (χ0v) is 18.5. The molecule has 2 heterocycles. The fourth-order valence-corrected chi connectivity index (χ4v) is 5.05. The van der Waals surface area contributed by atoms with Crippen molar-refractivity contribution in [1.82, 2.24) is 14.5 Å². The predicted molar refractivity (Wildman–Crippen MR) is 121 cm³/mol. The molecular formula is C22H17ClN4OS2. The van der Waals surface area contributed by atoms with Gasteiger partial charge in [0, 0.05) is 16.1 Å². The number of Topliss-reactive ketones (excluding diaryl/α,β-unsaturated/α-hetero) is 1. The van der Waals surface area contributed by atoms with Crippen LogP contribution in [0.25, 0.3) is 11.0 Å². The molecule has 0 spiro atoms. The van der Waals surface area contributed by atoms with Gasteiger partial charge in [0.25, 0.3) is 0 Å². The van der Waals surface area contributed by atoms with Crippen LogP contribution in [0.5, 0.6) is 0 Å². The first kappa shape index (κ1) is 20.6. The first-order valence-corrected chi connectivity index (χ1v) is 11.5. The van der Waals surface area contributed by atoms with Gasteiger partial charge in [-0.2, -0.15) is 5.26 Å². The van der Waals surface area contributed by atoms with Crippen molar-refractivity contribution in [1.29, 1.82) is 5.26 Å². The predicted octanol–water partition coefficient (Wildman–Crippen LogP) is 5.47. The molecule has 1 atom stereocenters. The monoisotopic (exact) mass is 452 g/mol. The first-order chi connectivity index (χ1) is 14.5. The van der Waals surface area contributed by atoms with Gasteiger partial charge in [0.05, 0.1) is 29.4 Å². The molecule has 0 unspecified atom stereocenters. The van der Waals surface area contributed by atoms with Gasteiger partial charge in [-0.25, -0.2) is 9.97 Å². The van der Waals surface area contributed by atoms with Crippen molar-refractivity contribution in [2.24, 2.45) is 0 Å². The number of thiazole rings is 1. The quantitative estimate of drug-likeness (QED) is 0.347. The largest absolute Gasteiger partial charge is 0.314 e. The van der Waals surface area contributed by atoms with Gasteiger partial charge in [-0.1, -0.05) is 53.7 Å². The molecule has 0 aliphatic carbocycles. The van der Waals surface area contributed by atoms with Gasteiger partial charge in [-0.15, -0.1) is 11.3 Å². The molecule has 0 bridgehead atoms. The van der Waals surface area contributed by atoms with Gasteiger partial charge >= 0.3 is 0 Å². The van der Waals surface area contributed by atoms with Gasteiger partial charge in [0.2, 0.25) is 0 Å². The van der Waals surface area contributed by atoms with Crippen molar-refractivity contribution in [3.63, 3.8) is 0 Å². The lowest BCUT2D eigenvalue weighted by Gasteiger charge is -2.10. The molecule has 0 aliphatic rings. The highest BCUT2D eigenvalue weighted by atomic mass is 35.5. The minimum Gasteiger partial charge on any atom is -0.314 e. The van der Waals surface area contributed by atoms with E-state index in [1.165, 1.54) is 23.1 Å². The minimum atomic E-state index is -0.849. The van der Waals surface area contributed by atoms with Crippen LogP contribution in [0.1, 0.15) is 22.2 Å². The summed E-state index contributed by atoms with van der Waals surface area (Å²) in [6.45, 7) is 2.48. The summed E-state index contributed by atoms with van der Waals surface area (Å²) in [6, 6.07) is 17.8. The summed E-state index contributed by atoms with van der Waals surface area (Å²) in [5.41, 5.74) is 3.68. The van der Waals surface area contributed by atoms with Crippen molar-refractivity contribution in [3.8, 4) is 6.07 Å². The maximum Gasteiger partial charge on any atom is 0.169 e. The second-order valence-corrected chi connectivity index (χ2v) is 9.01.